The molecule has 0 aromatic heterocycles. The summed E-state index contributed by atoms with van der Waals surface area (Å²) in [4.78, 5) is 13.8. The van der Waals surface area contributed by atoms with Gasteiger partial charge in [0.25, 0.3) is 0 Å². The first-order valence-corrected chi connectivity index (χ1v) is 6.66. The number of hydrogen-bond donors (Lipinski definition) is 1. The third-order valence-corrected chi connectivity index (χ3v) is 3.30. The zero-order chi connectivity index (χ0) is 12.0. The van der Waals surface area contributed by atoms with Crippen molar-refractivity contribution in [1.82, 2.24) is 10.2 Å². The standard InChI is InChI=1S/C13H26N2O/c1-4-8-14-12(11(2)3)10-15-9-6-5-7-13(15)16/h11-12,14H,4-10H2,1-3H3. The maximum atomic E-state index is 11.7. The lowest BCUT2D eigenvalue weighted by molar-refractivity contribution is -0.133. The molecule has 3 nitrogen and oxygen atoms in total. The van der Waals surface area contributed by atoms with E-state index in [0.29, 0.717) is 17.9 Å². The van der Waals surface area contributed by atoms with Crippen LogP contribution in [0.15, 0.2) is 0 Å². The Balaban J connectivity index is 2.42. The van der Waals surface area contributed by atoms with Gasteiger partial charge in [-0.3, -0.25) is 4.79 Å². The molecule has 0 saturated carbocycles. The zero-order valence-corrected chi connectivity index (χ0v) is 11.0. The maximum Gasteiger partial charge on any atom is 0.222 e. The van der Waals surface area contributed by atoms with E-state index in [0.717, 1.165) is 38.9 Å². The molecule has 3 heteroatoms. The molecule has 0 aromatic carbocycles. The summed E-state index contributed by atoms with van der Waals surface area (Å²) >= 11 is 0. The van der Waals surface area contributed by atoms with Crippen LogP contribution in [0, 0.1) is 5.92 Å². The van der Waals surface area contributed by atoms with Crippen LogP contribution in [-0.4, -0.2) is 36.5 Å². The van der Waals surface area contributed by atoms with Crippen molar-refractivity contribution in [2.24, 2.45) is 5.92 Å². The number of likely N-dealkylation sites (tertiary alicyclic amines) is 1. The monoisotopic (exact) mass is 226 g/mol. The molecular weight excluding hydrogens is 200 g/mol. The predicted octanol–water partition coefficient (Wildman–Crippen LogP) is 2.02. The minimum atomic E-state index is 0.343. The molecule has 1 fully saturated rings. The number of amides is 1. The molecule has 1 rings (SSSR count). The molecule has 16 heavy (non-hydrogen) atoms. The first-order valence-electron chi connectivity index (χ1n) is 6.66. The van der Waals surface area contributed by atoms with Crippen molar-refractivity contribution in [3.63, 3.8) is 0 Å². The third-order valence-electron chi connectivity index (χ3n) is 3.30. The number of carbonyl (C=O) groups is 1. The van der Waals surface area contributed by atoms with Crippen LogP contribution in [0.3, 0.4) is 0 Å². The van der Waals surface area contributed by atoms with Crippen molar-refractivity contribution >= 4 is 5.91 Å². The van der Waals surface area contributed by atoms with Gasteiger partial charge in [0.1, 0.15) is 0 Å². The minimum absolute atomic E-state index is 0.343. The van der Waals surface area contributed by atoms with Crippen molar-refractivity contribution < 1.29 is 4.79 Å². The van der Waals surface area contributed by atoms with Crippen LogP contribution in [-0.2, 0) is 4.79 Å². The van der Waals surface area contributed by atoms with Gasteiger partial charge in [0.2, 0.25) is 5.91 Å². The number of hydrogen-bond acceptors (Lipinski definition) is 2. The lowest BCUT2D eigenvalue weighted by Crippen LogP contribution is -2.48. The van der Waals surface area contributed by atoms with Gasteiger partial charge >= 0.3 is 0 Å². The van der Waals surface area contributed by atoms with E-state index in [1.54, 1.807) is 0 Å². The SMILES string of the molecule is CCCNC(CN1CCCCC1=O)C(C)C. The van der Waals surface area contributed by atoms with Crippen molar-refractivity contribution in [2.45, 2.75) is 52.5 Å². The fourth-order valence-electron chi connectivity index (χ4n) is 2.13. The second kappa shape index (κ2) is 6.89. The van der Waals surface area contributed by atoms with E-state index < -0.39 is 0 Å². The van der Waals surface area contributed by atoms with Gasteiger partial charge in [-0.25, -0.2) is 0 Å². The summed E-state index contributed by atoms with van der Waals surface area (Å²) in [5, 5.41) is 3.54. The third kappa shape index (κ3) is 4.12. The van der Waals surface area contributed by atoms with E-state index in [9.17, 15) is 4.79 Å². The van der Waals surface area contributed by atoms with Crippen LogP contribution in [0.5, 0.6) is 0 Å². The van der Waals surface area contributed by atoms with E-state index >= 15 is 0 Å². The number of carbonyl (C=O) groups excluding carboxylic acids is 1. The summed E-state index contributed by atoms with van der Waals surface area (Å²) in [6, 6.07) is 0.446. The summed E-state index contributed by atoms with van der Waals surface area (Å²) in [6.45, 7) is 9.51. The molecule has 1 amide bonds. The molecule has 0 aromatic rings. The maximum absolute atomic E-state index is 11.7. The fraction of sp³-hybridized carbons (Fsp3) is 0.923. The summed E-state index contributed by atoms with van der Waals surface area (Å²) in [5.74, 6) is 0.927. The molecule has 0 spiro atoms. The molecule has 1 saturated heterocycles. The molecule has 1 aliphatic rings. The lowest BCUT2D eigenvalue weighted by Gasteiger charge is -2.32. The Kier molecular flexibility index (Phi) is 5.81. The highest BCUT2D eigenvalue weighted by molar-refractivity contribution is 5.76. The largest absolute Gasteiger partial charge is 0.341 e. The topological polar surface area (TPSA) is 32.3 Å². The molecular formula is C13H26N2O. The first-order chi connectivity index (χ1) is 7.65. The fourth-order valence-corrected chi connectivity index (χ4v) is 2.13. The molecule has 1 atom stereocenters. The molecule has 0 aliphatic carbocycles. The molecule has 1 N–H and O–H groups in total. The summed E-state index contributed by atoms with van der Waals surface area (Å²) in [6.07, 6.45) is 4.14. The highest BCUT2D eigenvalue weighted by atomic mass is 16.2. The van der Waals surface area contributed by atoms with Gasteiger partial charge in [0.15, 0.2) is 0 Å². The highest BCUT2D eigenvalue weighted by Gasteiger charge is 2.22. The van der Waals surface area contributed by atoms with Crippen molar-refractivity contribution in [1.29, 1.82) is 0 Å². The van der Waals surface area contributed by atoms with E-state index in [2.05, 4.69) is 26.1 Å². The van der Waals surface area contributed by atoms with E-state index in [1.807, 2.05) is 4.90 Å². The normalized spacial score (nSPS) is 19.2. The second-order valence-corrected chi connectivity index (χ2v) is 5.10. The van der Waals surface area contributed by atoms with Crippen molar-refractivity contribution in [2.75, 3.05) is 19.6 Å². The molecule has 0 radical (unpaired) electrons. The van der Waals surface area contributed by atoms with Gasteiger partial charge in [-0.15, -0.1) is 0 Å². The highest BCUT2D eigenvalue weighted by Crippen LogP contribution is 2.13. The lowest BCUT2D eigenvalue weighted by atomic mass is 10.0. The smallest absolute Gasteiger partial charge is 0.222 e. The van der Waals surface area contributed by atoms with Crippen molar-refractivity contribution in [3.05, 3.63) is 0 Å². The average molecular weight is 226 g/mol. The van der Waals surface area contributed by atoms with Gasteiger partial charge < -0.3 is 10.2 Å². The Bertz CT molecular complexity index is 216. The van der Waals surface area contributed by atoms with Crippen LogP contribution in [0.2, 0.25) is 0 Å². The zero-order valence-electron chi connectivity index (χ0n) is 11.0. The molecule has 1 heterocycles. The minimum Gasteiger partial charge on any atom is -0.341 e. The number of nitrogens with one attached hydrogen (secondary N) is 1. The summed E-state index contributed by atoms with van der Waals surface area (Å²) < 4.78 is 0. The van der Waals surface area contributed by atoms with Crippen LogP contribution in [0.1, 0.15) is 46.5 Å². The van der Waals surface area contributed by atoms with E-state index in [1.165, 1.54) is 6.42 Å². The van der Waals surface area contributed by atoms with Crippen LogP contribution in [0.4, 0.5) is 0 Å². The van der Waals surface area contributed by atoms with Gasteiger partial charge in [0, 0.05) is 25.6 Å². The van der Waals surface area contributed by atoms with Gasteiger partial charge in [-0.1, -0.05) is 20.8 Å². The Morgan fingerprint density at radius 3 is 2.69 bits per heavy atom. The van der Waals surface area contributed by atoms with Crippen molar-refractivity contribution in [3.8, 4) is 0 Å². The first kappa shape index (κ1) is 13.5. The molecule has 1 unspecified atom stereocenters. The number of piperidine rings is 1. The van der Waals surface area contributed by atoms with Gasteiger partial charge in [-0.2, -0.15) is 0 Å². The summed E-state index contributed by atoms with van der Waals surface area (Å²) in [7, 11) is 0. The molecule has 94 valence electrons. The van der Waals surface area contributed by atoms with Crippen LogP contribution < -0.4 is 5.32 Å². The summed E-state index contributed by atoms with van der Waals surface area (Å²) in [5.41, 5.74) is 0. The Hall–Kier alpha value is -0.570. The second-order valence-electron chi connectivity index (χ2n) is 5.10. The molecule has 1 aliphatic heterocycles. The van der Waals surface area contributed by atoms with Crippen LogP contribution in [0.25, 0.3) is 0 Å². The van der Waals surface area contributed by atoms with Gasteiger partial charge in [0.05, 0.1) is 0 Å². The Morgan fingerprint density at radius 1 is 1.38 bits per heavy atom. The van der Waals surface area contributed by atoms with Gasteiger partial charge in [-0.05, 0) is 31.7 Å². The number of rotatable bonds is 6. The predicted molar refractivity (Wildman–Crippen MR) is 67.4 cm³/mol. The quantitative estimate of drug-likeness (QED) is 0.751. The average Bonchev–Trinajstić information content (AvgIpc) is 2.26. The Labute approximate surface area is 99.6 Å². The Morgan fingerprint density at radius 2 is 2.12 bits per heavy atom. The number of nitrogens with zero attached hydrogens (tertiary/aromatic N) is 1. The molecule has 0 bridgehead atoms. The van der Waals surface area contributed by atoms with E-state index in [4.69, 9.17) is 0 Å². The van der Waals surface area contributed by atoms with E-state index in [-0.39, 0.29) is 0 Å². The van der Waals surface area contributed by atoms with Crippen LogP contribution >= 0.6 is 0 Å².